The van der Waals surface area contributed by atoms with Gasteiger partial charge in [-0.25, -0.2) is 4.57 Å². The molecule has 0 aliphatic heterocycles. The van der Waals surface area contributed by atoms with E-state index in [1.807, 2.05) is 21.1 Å². The van der Waals surface area contributed by atoms with Crippen molar-refractivity contribution in [3.8, 4) is 0 Å². The fourth-order valence-electron chi connectivity index (χ4n) is 7.13. The molecule has 0 bridgehead atoms. The van der Waals surface area contributed by atoms with Gasteiger partial charge < -0.3 is 18.9 Å². The average molecular weight is 859 g/mol. The van der Waals surface area contributed by atoms with Gasteiger partial charge in [-0.1, -0.05) is 199 Å². The number of rotatable bonds is 46. The molecule has 2 atom stereocenters. The molecule has 9 nitrogen and oxygen atoms in total. The summed E-state index contributed by atoms with van der Waals surface area (Å²) in [7, 11) is 1.49. The standard InChI is InChI=1S/C49H96NO8P/c1-6-8-10-12-14-16-18-20-22-24-26-27-29-31-33-35-37-39-41-48(51)55-45-47(46-57-59(53,54)56-44-43-50(3,4)5)58-49(52)42-40-38-36-34-32-30-28-25-23-21-19-17-15-13-11-9-7-2/h17,19,47H,6-16,18,20-46H2,1-5H3/p+1/b19-17+/t47-/m1/s1. The van der Waals surface area contributed by atoms with E-state index >= 15 is 0 Å². The first kappa shape index (κ1) is 57.8. The molecular formula is C49H97NO8P+. The number of phosphoric ester groups is 1. The molecule has 0 aliphatic rings. The van der Waals surface area contributed by atoms with Crippen LogP contribution in [0.4, 0.5) is 0 Å². The van der Waals surface area contributed by atoms with Gasteiger partial charge in [0.25, 0.3) is 0 Å². The Hall–Kier alpha value is -1.25. The Morgan fingerprint density at radius 3 is 1.27 bits per heavy atom. The summed E-state index contributed by atoms with van der Waals surface area (Å²) in [5.74, 6) is -0.786. The first-order valence-electron chi connectivity index (χ1n) is 24.9. The van der Waals surface area contributed by atoms with Crippen molar-refractivity contribution in [3.05, 3.63) is 12.2 Å². The van der Waals surface area contributed by atoms with Crippen molar-refractivity contribution in [1.29, 1.82) is 0 Å². The smallest absolute Gasteiger partial charge is 0.462 e. The van der Waals surface area contributed by atoms with Crippen LogP contribution in [0.3, 0.4) is 0 Å². The summed E-state index contributed by atoms with van der Waals surface area (Å²) in [5, 5.41) is 0. The quantitative estimate of drug-likeness (QED) is 0.0212. The summed E-state index contributed by atoms with van der Waals surface area (Å²) < 4.78 is 34.4. The molecule has 0 heterocycles. The molecule has 350 valence electrons. The van der Waals surface area contributed by atoms with E-state index < -0.39 is 26.5 Å². The van der Waals surface area contributed by atoms with E-state index in [4.69, 9.17) is 18.5 Å². The Bertz CT molecular complexity index is 1020. The zero-order valence-electron chi connectivity index (χ0n) is 39.5. The summed E-state index contributed by atoms with van der Waals surface area (Å²) in [6, 6.07) is 0. The molecule has 0 saturated carbocycles. The van der Waals surface area contributed by atoms with Gasteiger partial charge in [0.2, 0.25) is 0 Å². The van der Waals surface area contributed by atoms with Crippen LogP contribution in [0.5, 0.6) is 0 Å². The Morgan fingerprint density at radius 2 is 0.864 bits per heavy atom. The molecule has 0 aliphatic carbocycles. The maximum absolute atomic E-state index is 12.7. The van der Waals surface area contributed by atoms with Gasteiger partial charge in [-0.3, -0.25) is 18.6 Å². The van der Waals surface area contributed by atoms with Gasteiger partial charge >= 0.3 is 19.8 Å². The summed E-state index contributed by atoms with van der Waals surface area (Å²) in [5.41, 5.74) is 0. The highest BCUT2D eigenvalue weighted by Crippen LogP contribution is 2.43. The second-order valence-corrected chi connectivity index (χ2v) is 19.7. The van der Waals surface area contributed by atoms with Crippen molar-refractivity contribution in [2.45, 2.75) is 245 Å². The van der Waals surface area contributed by atoms with Gasteiger partial charge in [-0.2, -0.15) is 0 Å². The third kappa shape index (κ3) is 46.1. The fourth-order valence-corrected chi connectivity index (χ4v) is 7.87. The maximum Gasteiger partial charge on any atom is 0.472 e. The molecule has 1 N–H and O–H groups in total. The van der Waals surface area contributed by atoms with Gasteiger partial charge in [0.15, 0.2) is 6.10 Å². The highest BCUT2D eigenvalue weighted by Gasteiger charge is 2.27. The molecule has 0 fully saturated rings. The highest BCUT2D eigenvalue weighted by atomic mass is 31.2. The van der Waals surface area contributed by atoms with E-state index in [0.717, 1.165) is 32.1 Å². The van der Waals surface area contributed by atoms with Crippen molar-refractivity contribution in [2.24, 2.45) is 0 Å². The number of carbonyl (C=O) groups excluding carboxylic acids is 2. The minimum absolute atomic E-state index is 0.0347. The number of ether oxygens (including phenoxy) is 2. The Labute approximate surface area is 365 Å². The van der Waals surface area contributed by atoms with Crippen LogP contribution >= 0.6 is 7.82 Å². The van der Waals surface area contributed by atoms with Gasteiger partial charge in [-0.05, 0) is 38.5 Å². The van der Waals surface area contributed by atoms with Crippen LogP contribution in [-0.4, -0.2) is 74.9 Å². The average Bonchev–Trinajstić information content (AvgIpc) is 3.19. The fraction of sp³-hybridized carbons (Fsp3) is 0.918. The van der Waals surface area contributed by atoms with Crippen LogP contribution in [0.1, 0.15) is 239 Å². The Morgan fingerprint density at radius 1 is 0.508 bits per heavy atom. The molecular weight excluding hydrogens is 762 g/mol. The minimum Gasteiger partial charge on any atom is -0.462 e. The third-order valence-electron chi connectivity index (χ3n) is 11.0. The highest BCUT2D eigenvalue weighted by molar-refractivity contribution is 7.47. The molecule has 0 aromatic carbocycles. The molecule has 0 radical (unpaired) electrons. The topological polar surface area (TPSA) is 108 Å². The number of allylic oxidation sites excluding steroid dienone is 2. The van der Waals surface area contributed by atoms with Crippen molar-refractivity contribution < 1.29 is 42.1 Å². The molecule has 10 heteroatoms. The number of hydrogen-bond acceptors (Lipinski definition) is 7. The van der Waals surface area contributed by atoms with Gasteiger partial charge in [0, 0.05) is 12.8 Å². The number of carbonyl (C=O) groups is 2. The Kier molecular flexibility index (Phi) is 41.2. The van der Waals surface area contributed by atoms with Crippen LogP contribution in [0.2, 0.25) is 0 Å². The van der Waals surface area contributed by atoms with Crippen LogP contribution in [0.25, 0.3) is 0 Å². The monoisotopic (exact) mass is 859 g/mol. The van der Waals surface area contributed by atoms with Crippen molar-refractivity contribution in [3.63, 3.8) is 0 Å². The number of phosphoric acid groups is 1. The van der Waals surface area contributed by atoms with Crippen molar-refractivity contribution in [1.82, 2.24) is 0 Å². The summed E-state index contributed by atoms with van der Waals surface area (Å²) >= 11 is 0. The lowest BCUT2D eigenvalue weighted by Gasteiger charge is -2.24. The lowest BCUT2D eigenvalue weighted by atomic mass is 10.0. The van der Waals surface area contributed by atoms with E-state index in [-0.39, 0.29) is 25.6 Å². The normalized spacial score (nSPS) is 13.5. The van der Waals surface area contributed by atoms with Crippen LogP contribution in [-0.2, 0) is 32.7 Å². The molecule has 0 aromatic heterocycles. The zero-order valence-corrected chi connectivity index (χ0v) is 40.4. The van der Waals surface area contributed by atoms with Crippen LogP contribution in [0.15, 0.2) is 12.2 Å². The van der Waals surface area contributed by atoms with Crippen LogP contribution in [0, 0.1) is 0 Å². The first-order valence-corrected chi connectivity index (χ1v) is 26.4. The molecule has 59 heavy (non-hydrogen) atoms. The van der Waals surface area contributed by atoms with Crippen LogP contribution < -0.4 is 0 Å². The summed E-state index contributed by atoms with van der Waals surface area (Å²) in [6.07, 6.45) is 45.4. The summed E-state index contributed by atoms with van der Waals surface area (Å²) in [6.45, 7) is 4.45. The summed E-state index contributed by atoms with van der Waals surface area (Å²) in [4.78, 5) is 35.5. The number of likely N-dealkylation sites (N-methyl/N-ethyl adjacent to an activating group) is 1. The van der Waals surface area contributed by atoms with Gasteiger partial charge in [0.05, 0.1) is 27.7 Å². The molecule has 0 amide bonds. The maximum atomic E-state index is 12.7. The van der Waals surface area contributed by atoms with Gasteiger partial charge in [0.1, 0.15) is 19.8 Å². The lowest BCUT2D eigenvalue weighted by molar-refractivity contribution is -0.870. The second-order valence-electron chi connectivity index (χ2n) is 18.2. The molecule has 0 rings (SSSR count). The van der Waals surface area contributed by atoms with Gasteiger partial charge in [-0.15, -0.1) is 0 Å². The second kappa shape index (κ2) is 42.1. The number of unbranched alkanes of at least 4 members (excludes halogenated alkanes) is 30. The molecule has 0 saturated heterocycles. The van der Waals surface area contributed by atoms with E-state index in [0.29, 0.717) is 23.9 Å². The molecule has 0 aromatic rings. The SMILES string of the molecule is CCCCCC/C=C/CCCCCCCCCCCC(=O)O[C@H](COC(=O)CCCCCCCCCCCCCCCCCCCC)COP(=O)(O)OCC[N+](C)(C)C. The third-order valence-corrected chi connectivity index (χ3v) is 12.0. The Balaban J connectivity index is 4.24. The largest absolute Gasteiger partial charge is 0.472 e. The van der Waals surface area contributed by atoms with E-state index in [1.165, 1.54) is 173 Å². The predicted octanol–water partition coefficient (Wildman–Crippen LogP) is 14.5. The first-order chi connectivity index (χ1) is 28.5. The number of hydrogen-bond donors (Lipinski definition) is 1. The number of quaternary nitrogens is 1. The molecule has 1 unspecified atom stereocenters. The minimum atomic E-state index is -4.37. The van der Waals surface area contributed by atoms with Crippen molar-refractivity contribution >= 4 is 19.8 Å². The lowest BCUT2D eigenvalue weighted by Crippen LogP contribution is -2.37. The molecule has 0 spiro atoms. The zero-order chi connectivity index (χ0) is 43.6. The predicted molar refractivity (Wildman–Crippen MR) is 248 cm³/mol. The van der Waals surface area contributed by atoms with Crippen molar-refractivity contribution in [2.75, 3.05) is 47.5 Å². The van der Waals surface area contributed by atoms with E-state index in [9.17, 15) is 19.0 Å². The number of nitrogens with zero attached hydrogens (tertiary/aromatic N) is 1. The number of esters is 2. The van der Waals surface area contributed by atoms with E-state index in [1.54, 1.807) is 0 Å². The van der Waals surface area contributed by atoms with E-state index in [2.05, 4.69) is 26.0 Å².